The SMILES string of the molecule is C[C@@H]1CN(c2ccc(OCC(N)=O)c(Cl)c2)CCN1c1cccc(C(=O)N[C@@H]2C3CC4C[C@]5(O)CC2CC45C3)n1. The van der Waals surface area contributed by atoms with Gasteiger partial charge in [0.15, 0.2) is 6.61 Å². The zero-order valence-corrected chi connectivity index (χ0v) is 23.4. The number of piperazine rings is 1. The normalized spacial score (nSPS) is 35.3. The van der Waals surface area contributed by atoms with Crippen LogP contribution in [-0.4, -0.2) is 65.8 Å². The van der Waals surface area contributed by atoms with Gasteiger partial charge in [-0.05, 0) is 87.1 Å². The molecule has 10 heteroatoms. The van der Waals surface area contributed by atoms with Crippen LogP contribution in [0.2, 0.25) is 5.02 Å². The van der Waals surface area contributed by atoms with Gasteiger partial charge in [-0.2, -0.15) is 0 Å². The van der Waals surface area contributed by atoms with Crippen LogP contribution in [0, 0.1) is 23.2 Å². The number of pyridine rings is 1. The van der Waals surface area contributed by atoms with E-state index in [9.17, 15) is 14.7 Å². The number of anilines is 2. The van der Waals surface area contributed by atoms with Crippen LogP contribution >= 0.6 is 11.6 Å². The third-order valence-corrected chi connectivity index (χ3v) is 10.9. The van der Waals surface area contributed by atoms with Gasteiger partial charge < -0.3 is 30.7 Å². The molecule has 4 aliphatic carbocycles. The summed E-state index contributed by atoms with van der Waals surface area (Å²) in [5.74, 6) is 2.04. The van der Waals surface area contributed by atoms with Gasteiger partial charge in [0.05, 0.1) is 10.6 Å². The minimum absolute atomic E-state index is 0.113. The van der Waals surface area contributed by atoms with Gasteiger partial charge in [0.2, 0.25) is 0 Å². The first kappa shape index (κ1) is 25.9. The smallest absolute Gasteiger partial charge is 0.270 e. The Balaban J connectivity index is 1.00. The molecule has 1 aliphatic heterocycles. The fourth-order valence-electron chi connectivity index (χ4n) is 8.91. The number of hydrogen-bond acceptors (Lipinski definition) is 7. The number of amides is 2. The van der Waals surface area contributed by atoms with E-state index in [4.69, 9.17) is 27.1 Å². The van der Waals surface area contributed by atoms with Crippen molar-refractivity contribution >= 4 is 34.9 Å². The van der Waals surface area contributed by atoms with E-state index in [0.29, 0.717) is 34.2 Å². The molecule has 7 rings (SSSR count). The Hall–Kier alpha value is -3.04. The number of primary amides is 1. The summed E-state index contributed by atoms with van der Waals surface area (Å²) in [6, 6.07) is 11.5. The Kier molecular flexibility index (Phi) is 5.98. The Bertz CT molecular complexity index is 1370. The molecule has 4 saturated carbocycles. The fourth-order valence-corrected chi connectivity index (χ4v) is 9.14. The van der Waals surface area contributed by atoms with E-state index in [-0.39, 0.29) is 30.0 Å². The van der Waals surface area contributed by atoms with Crippen LogP contribution in [0.25, 0.3) is 0 Å². The van der Waals surface area contributed by atoms with Crippen LogP contribution in [0.1, 0.15) is 49.5 Å². The number of nitrogens with one attached hydrogen (secondary N) is 1. The number of benzene rings is 1. The first-order valence-corrected chi connectivity index (χ1v) is 14.8. The fraction of sp³-hybridized carbons (Fsp3) is 0.567. The monoisotopic (exact) mass is 565 g/mol. The summed E-state index contributed by atoms with van der Waals surface area (Å²) >= 11 is 6.39. The number of nitrogens with two attached hydrogens (primary N) is 1. The van der Waals surface area contributed by atoms with E-state index in [2.05, 4.69) is 22.0 Å². The minimum atomic E-state index is -0.552. The number of ether oxygens (including phenoxy) is 1. The molecular formula is C30H36ClN5O4. The van der Waals surface area contributed by atoms with Gasteiger partial charge in [-0.15, -0.1) is 0 Å². The minimum Gasteiger partial charge on any atom is -0.482 e. The zero-order valence-electron chi connectivity index (χ0n) is 22.7. The maximum Gasteiger partial charge on any atom is 0.270 e. The molecule has 2 amide bonds. The second kappa shape index (κ2) is 9.24. The third-order valence-electron chi connectivity index (χ3n) is 10.6. The maximum absolute atomic E-state index is 13.4. The molecule has 1 aromatic carbocycles. The highest BCUT2D eigenvalue weighted by Gasteiger charge is 2.76. The zero-order chi connectivity index (χ0) is 27.8. The molecule has 1 aromatic heterocycles. The Morgan fingerprint density at radius 3 is 2.77 bits per heavy atom. The topological polar surface area (TPSA) is 121 Å². The summed E-state index contributed by atoms with van der Waals surface area (Å²) in [6.45, 7) is 4.19. The number of fused-ring (bicyclic) bond motifs is 2. The highest BCUT2D eigenvalue weighted by molar-refractivity contribution is 6.32. The summed E-state index contributed by atoms with van der Waals surface area (Å²) in [7, 11) is 0. The van der Waals surface area contributed by atoms with Gasteiger partial charge in [-0.3, -0.25) is 9.59 Å². The van der Waals surface area contributed by atoms with Gasteiger partial charge in [0, 0.05) is 42.8 Å². The summed E-state index contributed by atoms with van der Waals surface area (Å²) < 4.78 is 5.37. The van der Waals surface area contributed by atoms with Gasteiger partial charge >= 0.3 is 0 Å². The van der Waals surface area contributed by atoms with E-state index >= 15 is 0 Å². The molecule has 1 saturated heterocycles. The number of halogens is 1. The van der Waals surface area contributed by atoms with Crippen molar-refractivity contribution in [3.8, 4) is 5.75 Å². The van der Waals surface area contributed by atoms with Crippen molar-refractivity contribution in [3.63, 3.8) is 0 Å². The standard InChI is InChI=1S/C30H36ClN5O4/c1-17-15-35(21-5-6-24(22(31)10-21)40-16-25(32)37)7-8-36(17)26-4-2-3-23(33-26)28(38)34-27-18-9-20-14-30(39)13-19(27)12-29(20,30)11-18/h2-6,10,17-20,27,39H,7-9,11-16H2,1H3,(H2,32,37)(H,34,38)/t17-,18?,19?,20?,27-,29?,30-/m1/s1. The van der Waals surface area contributed by atoms with Crippen LogP contribution in [-0.2, 0) is 4.79 Å². The van der Waals surface area contributed by atoms with Crippen molar-refractivity contribution < 1.29 is 19.4 Å². The van der Waals surface area contributed by atoms with Crippen molar-refractivity contribution in [2.45, 2.75) is 56.7 Å². The second-order valence-corrected chi connectivity index (χ2v) is 13.1. The molecule has 0 radical (unpaired) electrons. The lowest BCUT2D eigenvalue weighted by atomic mass is 9.53. The first-order chi connectivity index (χ1) is 19.2. The van der Waals surface area contributed by atoms with Crippen molar-refractivity contribution in [3.05, 3.63) is 47.1 Å². The Morgan fingerprint density at radius 1 is 1.18 bits per heavy atom. The van der Waals surface area contributed by atoms with E-state index in [1.807, 2.05) is 24.3 Å². The van der Waals surface area contributed by atoms with Gasteiger partial charge in [-0.1, -0.05) is 17.7 Å². The molecule has 2 heterocycles. The number of nitrogens with zero attached hydrogens (tertiary/aromatic N) is 3. The van der Waals surface area contributed by atoms with Gasteiger partial charge in [0.25, 0.3) is 11.8 Å². The van der Waals surface area contributed by atoms with E-state index in [1.54, 1.807) is 12.1 Å². The Morgan fingerprint density at radius 2 is 2.00 bits per heavy atom. The highest BCUT2D eigenvalue weighted by atomic mass is 35.5. The van der Waals surface area contributed by atoms with Crippen molar-refractivity contribution in [1.29, 1.82) is 0 Å². The second-order valence-electron chi connectivity index (χ2n) is 12.7. The summed E-state index contributed by atoms with van der Waals surface area (Å²) in [4.78, 5) is 33.7. The Labute approximate surface area is 239 Å². The van der Waals surface area contributed by atoms with Crippen molar-refractivity contribution in [1.82, 2.24) is 10.3 Å². The number of aliphatic hydroxyl groups is 1. The molecule has 9 nitrogen and oxygen atoms in total. The van der Waals surface area contributed by atoms with E-state index < -0.39 is 11.5 Å². The third kappa shape index (κ3) is 3.96. The predicted molar refractivity (Wildman–Crippen MR) is 152 cm³/mol. The molecule has 5 fully saturated rings. The molecule has 40 heavy (non-hydrogen) atoms. The number of carbonyl (C=O) groups excluding carboxylic acids is 2. The first-order valence-electron chi connectivity index (χ1n) is 14.4. The lowest BCUT2D eigenvalue weighted by Crippen LogP contribution is -2.57. The van der Waals surface area contributed by atoms with Crippen LogP contribution < -0.4 is 25.6 Å². The highest BCUT2D eigenvalue weighted by Crippen LogP contribution is 2.77. The van der Waals surface area contributed by atoms with Crippen LogP contribution in [0.5, 0.6) is 5.75 Å². The van der Waals surface area contributed by atoms with Crippen LogP contribution in [0.3, 0.4) is 0 Å². The molecular weight excluding hydrogens is 530 g/mol. The lowest BCUT2D eigenvalue weighted by molar-refractivity contribution is -0.176. The van der Waals surface area contributed by atoms with E-state index in [0.717, 1.165) is 63.2 Å². The molecule has 3 bridgehead atoms. The van der Waals surface area contributed by atoms with E-state index in [1.165, 1.54) is 0 Å². The number of carbonyl (C=O) groups is 2. The molecule has 4 unspecified atom stereocenters. The average molecular weight is 566 g/mol. The van der Waals surface area contributed by atoms with Crippen molar-refractivity contribution in [2.75, 3.05) is 36.0 Å². The molecule has 1 spiro atoms. The molecule has 7 atom stereocenters. The van der Waals surface area contributed by atoms with Crippen LogP contribution in [0.15, 0.2) is 36.4 Å². The maximum atomic E-state index is 13.4. The van der Waals surface area contributed by atoms with Crippen LogP contribution in [0.4, 0.5) is 11.5 Å². The largest absolute Gasteiger partial charge is 0.482 e. The molecule has 5 aliphatic rings. The number of rotatable bonds is 7. The molecule has 2 aromatic rings. The summed E-state index contributed by atoms with van der Waals surface area (Å²) in [6.07, 6.45) is 5.03. The average Bonchev–Trinajstić information content (AvgIpc) is 3.29. The number of hydrogen-bond donors (Lipinski definition) is 3. The summed E-state index contributed by atoms with van der Waals surface area (Å²) in [5.41, 5.74) is 6.24. The van der Waals surface area contributed by atoms with Crippen molar-refractivity contribution in [2.24, 2.45) is 28.9 Å². The predicted octanol–water partition coefficient (Wildman–Crippen LogP) is 2.98. The quantitative estimate of drug-likeness (QED) is 0.472. The lowest BCUT2D eigenvalue weighted by Gasteiger charge is -2.55. The molecule has 4 N–H and O–H groups in total. The van der Waals surface area contributed by atoms with Gasteiger partial charge in [0.1, 0.15) is 17.3 Å². The van der Waals surface area contributed by atoms with Gasteiger partial charge in [-0.25, -0.2) is 4.98 Å². The summed E-state index contributed by atoms with van der Waals surface area (Å²) in [5, 5.41) is 15.0. The molecule has 212 valence electrons. The number of aromatic nitrogens is 1.